The number of rotatable bonds is 8. The van der Waals surface area contributed by atoms with Gasteiger partial charge in [0.15, 0.2) is 0 Å². The van der Waals surface area contributed by atoms with Crippen LogP contribution in [0.4, 0.5) is 0 Å². The summed E-state index contributed by atoms with van der Waals surface area (Å²) in [5.41, 5.74) is 0. The second-order valence-corrected chi connectivity index (χ2v) is 3.22. The van der Waals surface area contributed by atoms with Crippen LogP contribution < -0.4 is 5.11 Å². The largest absolute Gasteiger partial charge is 0.550 e. The van der Waals surface area contributed by atoms with Gasteiger partial charge in [-0.05, 0) is 19.3 Å². The van der Waals surface area contributed by atoms with E-state index in [4.69, 9.17) is 0 Å². The first-order chi connectivity index (χ1) is 6.66. The number of methoxy groups -OCH3 is 1. The highest BCUT2D eigenvalue weighted by Crippen LogP contribution is 2.07. The standard InChI is InChI=1S/C10H18O4/c1-14-10(13)8-6-4-2-3-5-7-9(11)12/h2-8H2,1H3,(H,11,12)/p-1. The summed E-state index contributed by atoms with van der Waals surface area (Å²) in [4.78, 5) is 20.7. The molecule has 0 saturated carbocycles. The van der Waals surface area contributed by atoms with Crippen molar-refractivity contribution in [2.45, 2.75) is 44.9 Å². The quantitative estimate of drug-likeness (QED) is 0.427. The number of carbonyl (C=O) groups is 2. The molecular formula is C10H17O4-. The zero-order chi connectivity index (χ0) is 10.8. The second kappa shape index (κ2) is 8.53. The second-order valence-electron chi connectivity index (χ2n) is 3.22. The van der Waals surface area contributed by atoms with Crippen molar-refractivity contribution in [2.75, 3.05) is 7.11 Å². The lowest BCUT2D eigenvalue weighted by molar-refractivity contribution is -0.305. The Morgan fingerprint density at radius 3 is 2.00 bits per heavy atom. The molecule has 0 heterocycles. The van der Waals surface area contributed by atoms with E-state index in [1.807, 2.05) is 0 Å². The van der Waals surface area contributed by atoms with E-state index >= 15 is 0 Å². The molecule has 0 aromatic rings. The van der Waals surface area contributed by atoms with E-state index in [0.717, 1.165) is 25.7 Å². The Bertz CT molecular complexity index is 177. The summed E-state index contributed by atoms with van der Waals surface area (Å²) in [6.45, 7) is 0. The number of hydrogen-bond acceptors (Lipinski definition) is 4. The summed E-state index contributed by atoms with van der Waals surface area (Å²) in [7, 11) is 1.38. The summed E-state index contributed by atoms with van der Waals surface area (Å²) in [5, 5.41) is 10.0. The molecular weight excluding hydrogens is 184 g/mol. The van der Waals surface area contributed by atoms with E-state index in [1.165, 1.54) is 7.11 Å². The van der Waals surface area contributed by atoms with Gasteiger partial charge < -0.3 is 14.6 Å². The highest BCUT2D eigenvalue weighted by Gasteiger charge is 1.98. The van der Waals surface area contributed by atoms with Crippen LogP contribution in [0.2, 0.25) is 0 Å². The van der Waals surface area contributed by atoms with Crippen molar-refractivity contribution in [1.29, 1.82) is 0 Å². The average Bonchev–Trinajstić information content (AvgIpc) is 2.15. The number of carboxylic acids is 1. The topological polar surface area (TPSA) is 66.4 Å². The van der Waals surface area contributed by atoms with Crippen molar-refractivity contribution >= 4 is 11.9 Å². The van der Waals surface area contributed by atoms with Gasteiger partial charge in [-0.3, -0.25) is 4.79 Å². The minimum Gasteiger partial charge on any atom is -0.550 e. The third-order valence-corrected chi connectivity index (χ3v) is 1.99. The summed E-state index contributed by atoms with van der Waals surface area (Å²) >= 11 is 0. The first kappa shape index (κ1) is 12.9. The Hall–Kier alpha value is -1.06. The van der Waals surface area contributed by atoms with Crippen molar-refractivity contribution in [3.8, 4) is 0 Å². The first-order valence-electron chi connectivity index (χ1n) is 4.93. The van der Waals surface area contributed by atoms with Gasteiger partial charge in [-0.1, -0.05) is 19.3 Å². The maximum atomic E-state index is 10.7. The van der Waals surface area contributed by atoms with Gasteiger partial charge in [0.05, 0.1) is 7.11 Å². The zero-order valence-corrected chi connectivity index (χ0v) is 8.58. The van der Waals surface area contributed by atoms with Gasteiger partial charge >= 0.3 is 5.97 Å². The van der Waals surface area contributed by atoms with E-state index in [0.29, 0.717) is 12.8 Å². The van der Waals surface area contributed by atoms with E-state index < -0.39 is 5.97 Å². The molecule has 14 heavy (non-hydrogen) atoms. The van der Waals surface area contributed by atoms with Crippen LogP contribution in [0.3, 0.4) is 0 Å². The van der Waals surface area contributed by atoms with Crippen LogP contribution in [0.5, 0.6) is 0 Å². The van der Waals surface area contributed by atoms with Gasteiger partial charge in [0, 0.05) is 12.4 Å². The molecule has 0 aliphatic rings. The maximum Gasteiger partial charge on any atom is 0.305 e. The predicted octanol–water partition coefficient (Wildman–Crippen LogP) is 0.640. The van der Waals surface area contributed by atoms with Crippen molar-refractivity contribution in [3.05, 3.63) is 0 Å². The van der Waals surface area contributed by atoms with Crippen LogP contribution in [0.15, 0.2) is 0 Å². The lowest BCUT2D eigenvalue weighted by Gasteiger charge is -2.02. The van der Waals surface area contributed by atoms with Crippen molar-refractivity contribution < 1.29 is 19.4 Å². The third-order valence-electron chi connectivity index (χ3n) is 1.99. The van der Waals surface area contributed by atoms with Crippen LogP contribution in [0, 0.1) is 0 Å². The Morgan fingerprint density at radius 2 is 1.50 bits per heavy atom. The third kappa shape index (κ3) is 9.03. The molecule has 0 atom stereocenters. The van der Waals surface area contributed by atoms with Gasteiger partial charge in [-0.2, -0.15) is 0 Å². The van der Waals surface area contributed by atoms with Crippen LogP contribution in [-0.4, -0.2) is 19.0 Å². The summed E-state index contributed by atoms with van der Waals surface area (Å²) in [6, 6.07) is 0. The molecule has 0 spiro atoms. The lowest BCUT2D eigenvalue weighted by Crippen LogP contribution is -2.21. The van der Waals surface area contributed by atoms with Gasteiger partial charge in [-0.25, -0.2) is 0 Å². The normalized spacial score (nSPS) is 9.79. The Labute approximate surface area is 84.3 Å². The molecule has 0 saturated heterocycles. The van der Waals surface area contributed by atoms with E-state index in [-0.39, 0.29) is 12.4 Å². The summed E-state index contributed by atoms with van der Waals surface area (Å²) < 4.78 is 4.48. The Kier molecular flexibility index (Phi) is 7.89. The minimum absolute atomic E-state index is 0.136. The molecule has 0 rings (SSSR count). The SMILES string of the molecule is COC(=O)CCCCCCCC(=O)[O-]. The average molecular weight is 201 g/mol. The molecule has 82 valence electrons. The maximum absolute atomic E-state index is 10.7. The van der Waals surface area contributed by atoms with Gasteiger partial charge in [0.25, 0.3) is 0 Å². The molecule has 0 amide bonds. The predicted molar refractivity (Wildman–Crippen MR) is 49.3 cm³/mol. The fraction of sp³-hybridized carbons (Fsp3) is 0.800. The zero-order valence-electron chi connectivity index (χ0n) is 8.58. The molecule has 0 bridgehead atoms. The number of aliphatic carboxylic acids is 1. The number of ether oxygens (including phenoxy) is 1. The molecule has 4 heteroatoms. The molecule has 4 nitrogen and oxygen atoms in total. The Morgan fingerprint density at radius 1 is 1.00 bits per heavy atom. The smallest absolute Gasteiger partial charge is 0.305 e. The van der Waals surface area contributed by atoms with E-state index in [2.05, 4.69) is 4.74 Å². The highest BCUT2D eigenvalue weighted by atomic mass is 16.5. The first-order valence-corrected chi connectivity index (χ1v) is 4.93. The fourth-order valence-electron chi connectivity index (χ4n) is 1.17. The van der Waals surface area contributed by atoms with Crippen LogP contribution in [0.1, 0.15) is 44.9 Å². The number of carbonyl (C=O) groups excluding carboxylic acids is 2. The minimum atomic E-state index is -0.987. The van der Waals surface area contributed by atoms with E-state index in [1.54, 1.807) is 0 Å². The van der Waals surface area contributed by atoms with Crippen LogP contribution >= 0.6 is 0 Å². The van der Waals surface area contributed by atoms with Crippen molar-refractivity contribution in [1.82, 2.24) is 0 Å². The molecule has 0 aliphatic heterocycles. The lowest BCUT2D eigenvalue weighted by atomic mass is 10.1. The van der Waals surface area contributed by atoms with E-state index in [9.17, 15) is 14.7 Å². The van der Waals surface area contributed by atoms with Gasteiger partial charge in [-0.15, -0.1) is 0 Å². The van der Waals surface area contributed by atoms with Gasteiger partial charge in [0.1, 0.15) is 0 Å². The molecule has 0 fully saturated rings. The highest BCUT2D eigenvalue weighted by molar-refractivity contribution is 5.68. The molecule has 0 aromatic carbocycles. The monoisotopic (exact) mass is 201 g/mol. The number of carboxylic acid groups (broad SMARTS) is 1. The fourth-order valence-corrected chi connectivity index (χ4v) is 1.17. The molecule has 0 aromatic heterocycles. The molecule has 0 unspecified atom stereocenters. The number of esters is 1. The summed E-state index contributed by atoms with van der Waals surface area (Å²) in [5.74, 6) is -1.17. The number of unbranched alkanes of at least 4 members (excludes halogenated alkanes) is 4. The molecule has 0 radical (unpaired) electrons. The summed E-state index contributed by atoms with van der Waals surface area (Å²) in [6.07, 6.45) is 4.87. The number of hydrogen-bond donors (Lipinski definition) is 0. The van der Waals surface area contributed by atoms with Crippen LogP contribution in [0.25, 0.3) is 0 Å². The molecule has 0 N–H and O–H groups in total. The Balaban J connectivity index is 3.06. The molecule has 0 aliphatic carbocycles. The van der Waals surface area contributed by atoms with Crippen LogP contribution in [-0.2, 0) is 14.3 Å². The van der Waals surface area contributed by atoms with Gasteiger partial charge in [0.2, 0.25) is 0 Å². The van der Waals surface area contributed by atoms with Crippen molar-refractivity contribution in [3.63, 3.8) is 0 Å². The van der Waals surface area contributed by atoms with Crippen molar-refractivity contribution in [2.24, 2.45) is 0 Å².